The number of halogens is 1. The Bertz CT molecular complexity index is 922. The van der Waals surface area contributed by atoms with Gasteiger partial charge in [0.1, 0.15) is 12.7 Å². The number of hydrogen-bond acceptors (Lipinski definition) is 6. The highest BCUT2D eigenvalue weighted by atomic mass is 19.1. The highest BCUT2D eigenvalue weighted by molar-refractivity contribution is 5.96. The van der Waals surface area contributed by atoms with Gasteiger partial charge in [0.25, 0.3) is 0 Å². The summed E-state index contributed by atoms with van der Waals surface area (Å²) in [5.41, 5.74) is 1.26. The lowest BCUT2D eigenvalue weighted by atomic mass is 10.1. The molecule has 2 atom stereocenters. The van der Waals surface area contributed by atoms with Gasteiger partial charge in [-0.2, -0.15) is 0 Å². The summed E-state index contributed by atoms with van der Waals surface area (Å²) in [6, 6.07) is 13.1. The predicted octanol–water partition coefficient (Wildman–Crippen LogP) is 2.41. The van der Waals surface area contributed by atoms with Crippen LogP contribution in [0.25, 0.3) is 0 Å². The number of aliphatic hydroxyl groups excluding tert-OH is 1. The molecular formula is C24H30FN3O4. The summed E-state index contributed by atoms with van der Waals surface area (Å²) in [5, 5.41) is 13.2. The number of amides is 1. The topological polar surface area (TPSA) is 82.1 Å². The second-order valence-corrected chi connectivity index (χ2v) is 8.16. The second-order valence-electron chi connectivity index (χ2n) is 8.16. The Kier molecular flexibility index (Phi) is 8.33. The first-order valence-electron chi connectivity index (χ1n) is 10.7. The van der Waals surface area contributed by atoms with E-state index in [4.69, 9.17) is 4.74 Å². The molecule has 1 amide bonds. The van der Waals surface area contributed by atoms with Crippen LogP contribution in [0.15, 0.2) is 48.5 Å². The maximum absolute atomic E-state index is 13.6. The molecule has 0 radical (unpaired) electrons. The Balaban J connectivity index is 1.40. The number of aliphatic hydroxyl groups is 1. The number of Topliss-reactive ketones (excluding diaryl/α,β-unsaturated/α-hetero) is 1. The largest absolute Gasteiger partial charge is 0.488 e. The Morgan fingerprint density at radius 2 is 1.91 bits per heavy atom. The molecule has 3 rings (SSSR count). The van der Waals surface area contributed by atoms with Crippen LogP contribution in [-0.2, 0) is 4.79 Å². The van der Waals surface area contributed by atoms with Crippen molar-refractivity contribution in [2.24, 2.45) is 0 Å². The zero-order valence-electron chi connectivity index (χ0n) is 18.5. The smallest absolute Gasteiger partial charge is 0.238 e. The third-order valence-corrected chi connectivity index (χ3v) is 5.50. The number of carbonyl (C=O) groups is 2. The molecule has 2 unspecified atom stereocenters. The third-order valence-electron chi connectivity index (χ3n) is 5.50. The van der Waals surface area contributed by atoms with E-state index in [1.54, 1.807) is 36.4 Å². The Labute approximate surface area is 187 Å². The molecule has 1 fully saturated rings. The number of hydrogen-bond donors (Lipinski definition) is 2. The summed E-state index contributed by atoms with van der Waals surface area (Å²) in [6.07, 6.45) is -0.745. The van der Waals surface area contributed by atoms with Gasteiger partial charge >= 0.3 is 0 Å². The monoisotopic (exact) mass is 443 g/mol. The molecule has 8 heteroatoms. The number of nitrogens with one attached hydrogen (secondary N) is 1. The van der Waals surface area contributed by atoms with Crippen molar-refractivity contribution in [3.8, 4) is 5.75 Å². The maximum atomic E-state index is 13.6. The van der Waals surface area contributed by atoms with Crippen molar-refractivity contribution in [1.82, 2.24) is 9.80 Å². The van der Waals surface area contributed by atoms with Gasteiger partial charge in [0.05, 0.1) is 6.54 Å². The molecule has 1 heterocycles. The average Bonchev–Trinajstić information content (AvgIpc) is 2.75. The molecule has 2 N–H and O–H groups in total. The Morgan fingerprint density at radius 3 is 2.56 bits per heavy atom. The molecule has 0 aliphatic carbocycles. The van der Waals surface area contributed by atoms with Gasteiger partial charge < -0.3 is 15.2 Å². The van der Waals surface area contributed by atoms with Gasteiger partial charge in [-0.05, 0) is 50.2 Å². The summed E-state index contributed by atoms with van der Waals surface area (Å²) in [4.78, 5) is 28.0. The van der Waals surface area contributed by atoms with E-state index in [0.29, 0.717) is 37.4 Å². The minimum atomic E-state index is -0.745. The Morgan fingerprint density at radius 1 is 1.19 bits per heavy atom. The van der Waals surface area contributed by atoms with Crippen LogP contribution in [0.5, 0.6) is 5.75 Å². The van der Waals surface area contributed by atoms with Crippen molar-refractivity contribution < 1.29 is 23.8 Å². The molecule has 1 aliphatic heterocycles. The second kappa shape index (κ2) is 11.2. The van der Waals surface area contributed by atoms with Gasteiger partial charge in [0, 0.05) is 43.5 Å². The van der Waals surface area contributed by atoms with E-state index in [2.05, 4.69) is 22.0 Å². The van der Waals surface area contributed by atoms with Gasteiger partial charge in [0.2, 0.25) is 5.91 Å². The van der Waals surface area contributed by atoms with Gasteiger partial charge in [-0.25, -0.2) is 4.39 Å². The lowest BCUT2D eigenvalue weighted by molar-refractivity contribution is -0.118. The van der Waals surface area contributed by atoms with E-state index in [9.17, 15) is 19.1 Å². The van der Waals surface area contributed by atoms with Gasteiger partial charge in [-0.15, -0.1) is 0 Å². The molecule has 1 saturated heterocycles. The van der Waals surface area contributed by atoms with E-state index >= 15 is 0 Å². The lowest BCUT2D eigenvalue weighted by Gasteiger charge is -2.40. The SMILES string of the molecule is CC(=O)c1ccc(NC(=O)CN2CCN(CC(O)COc3ccccc3F)C(C)C2)cc1. The number of anilines is 1. The minimum absolute atomic E-state index is 0.0126. The quantitative estimate of drug-likeness (QED) is 0.580. The molecule has 1 aliphatic rings. The molecule has 32 heavy (non-hydrogen) atoms. The average molecular weight is 444 g/mol. The molecule has 172 valence electrons. The summed E-state index contributed by atoms with van der Waals surface area (Å²) in [7, 11) is 0. The number of benzene rings is 2. The lowest BCUT2D eigenvalue weighted by Crippen LogP contribution is -2.55. The van der Waals surface area contributed by atoms with E-state index < -0.39 is 11.9 Å². The van der Waals surface area contributed by atoms with Crippen LogP contribution in [0.4, 0.5) is 10.1 Å². The number of ether oxygens (including phenoxy) is 1. The highest BCUT2D eigenvalue weighted by Crippen LogP contribution is 2.16. The highest BCUT2D eigenvalue weighted by Gasteiger charge is 2.26. The zero-order chi connectivity index (χ0) is 23.1. The minimum Gasteiger partial charge on any atom is -0.488 e. The molecule has 0 spiro atoms. The van der Waals surface area contributed by atoms with Gasteiger partial charge in [-0.1, -0.05) is 12.1 Å². The van der Waals surface area contributed by atoms with Crippen molar-refractivity contribution in [2.75, 3.05) is 44.6 Å². The van der Waals surface area contributed by atoms with E-state index in [1.807, 2.05) is 0 Å². The molecule has 2 aromatic carbocycles. The number of β-amino-alcohol motifs (C(OH)–C–C–N with tert-alkyl or cyclic N) is 1. The Hall–Kier alpha value is -2.81. The van der Waals surface area contributed by atoms with E-state index in [0.717, 1.165) is 0 Å². The maximum Gasteiger partial charge on any atom is 0.238 e. The fraction of sp³-hybridized carbons (Fsp3) is 0.417. The first kappa shape index (κ1) is 23.8. The summed E-state index contributed by atoms with van der Waals surface area (Å²) < 4.78 is 19.0. The van der Waals surface area contributed by atoms with Crippen LogP contribution >= 0.6 is 0 Å². The molecule has 0 bridgehead atoms. The summed E-state index contributed by atoms with van der Waals surface area (Å²) in [6.45, 7) is 6.35. The first-order valence-corrected chi connectivity index (χ1v) is 10.7. The normalized spacial score (nSPS) is 18.2. The molecule has 0 aromatic heterocycles. The summed E-state index contributed by atoms with van der Waals surface area (Å²) in [5.74, 6) is -0.445. The van der Waals surface area contributed by atoms with Crippen LogP contribution < -0.4 is 10.1 Å². The molecule has 7 nitrogen and oxygen atoms in total. The number of nitrogens with zero attached hydrogens (tertiary/aromatic N) is 2. The van der Waals surface area contributed by atoms with Crippen LogP contribution in [-0.4, -0.2) is 78.1 Å². The van der Waals surface area contributed by atoms with Crippen LogP contribution in [0.2, 0.25) is 0 Å². The molecule has 0 saturated carbocycles. The van der Waals surface area contributed by atoms with Crippen molar-refractivity contribution in [3.05, 3.63) is 59.9 Å². The van der Waals surface area contributed by atoms with Gasteiger partial charge in [-0.3, -0.25) is 19.4 Å². The zero-order valence-corrected chi connectivity index (χ0v) is 18.5. The van der Waals surface area contributed by atoms with Gasteiger partial charge in [0.15, 0.2) is 17.3 Å². The number of para-hydroxylation sites is 1. The standard InChI is InChI=1S/C24H30FN3O4/c1-17-13-27(15-24(31)26-20-9-7-19(8-10-20)18(2)29)11-12-28(17)14-21(30)16-32-23-6-4-3-5-22(23)25/h3-10,17,21,30H,11-16H2,1-2H3,(H,26,31). The van der Waals surface area contributed by atoms with Crippen molar-refractivity contribution in [2.45, 2.75) is 26.0 Å². The van der Waals surface area contributed by atoms with E-state index in [-0.39, 0.29) is 36.6 Å². The fourth-order valence-electron chi connectivity index (χ4n) is 3.75. The predicted molar refractivity (Wildman–Crippen MR) is 120 cm³/mol. The van der Waals surface area contributed by atoms with Crippen LogP contribution in [0, 0.1) is 5.82 Å². The van der Waals surface area contributed by atoms with Crippen molar-refractivity contribution >= 4 is 17.4 Å². The number of ketones is 1. The summed E-state index contributed by atoms with van der Waals surface area (Å²) >= 11 is 0. The van der Waals surface area contributed by atoms with Crippen molar-refractivity contribution in [3.63, 3.8) is 0 Å². The van der Waals surface area contributed by atoms with Crippen molar-refractivity contribution in [1.29, 1.82) is 0 Å². The number of rotatable bonds is 9. The third kappa shape index (κ3) is 6.85. The first-order chi connectivity index (χ1) is 15.3. The number of carbonyl (C=O) groups excluding carboxylic acids is 2. The van der Waals surface area contributed by atoms with E-state index in [1.165, 1.54) is 19.1 Å². The molecular weight excluding hydrogens is 413 g/mol. The van der Waals surface area contributed by atoms with Crippen LogP contribution in [0.3, 0.4) is 0 Å². The fourth-order valence-corrected chi connectivity index (χ4v) is 3.75. The number of piperazine rings is 1. The van der Waals surface area contributed by atoms with Crippen LogP contribution in [0.1, 0.15) is 24.2 Å². The molecule has 2 aromatic rings.